The van der Waals surface area contributed by atoms with Gasteiger partial charge in [-0.3, -0.25) is 4.99 Å². The van der Waals surface area contributed by atoms with Crippen LogP contribution in [0.1, 0.15) is 27.7 Å². The zero-order valence-corrected chi connectivity index (χ0v) is 7.60. The van der Waals surface area contributed by atoms with Crippen molar-refractivity contribution in [3.8, 4) is 0 Å². The van der Waals surface area contributed by atoms with Crippen LogP contribution in [0.3, 0.4) is 0 Å². The molecule has 2 heteroatoms. The Kier molecular flexibility index (Phi) is 2.88. The minimum atomic E-state index is 0.0365. The fraction of sp³-hybridized carbons (Fsp3) is 0.875. The normalized spacial score (nSPS) is 14.4. The van der Waals surface area contributed by atoms with E-state index in [9.17, 15) is 0 Å². The lowest BCUT2D eigenvalue weighted by atomic mass is 9.80. The minimum Gasteiger partial charge on any atom is -0.387 e. The number of hydrogen-bond acceptors (Lipinski definition) is 1. The Hall–Kier alpha value is -0.530. The third-order valence-electron chi connectivity index (χ3n) is 2.34. The van der Waals surface area contributed by atoms with Crippen molar-refractivity contribution in [1.82, 2.24) is 0 Å². The smallest absolute Gasteiger partial charge is 0.0993 e. The fourth-order valence-corrected chi connectivity index (χ4v) is 0.584. The Bertz CT molecular complexity index is 134. The molecule has 0 saturated heterocycles. The second-order valence-electron chi connectivity index (χ2n) is 3.49. The predicted octanol–water partition coefficient (Wildman–Crippen LogP) is 1.66. The summed E-state index contributed by atoms with van der Waals surface area (Å²) in [5.41, 5.74) is 5.74. The van der Waals surface area contributed by atoms with E-state index >= 15 is 0 Å². The van der Waals surface area contributed by atoms with Gasteiger partial charge < -0.3 is 5.73 Å². The van der Waals surface area contributed by atoms with Gasteiger partial charge in [0, 0.05) is 12.5 Å². The van der Waals surface area contributed by atoms with Gasteiger partial charge in [-0.2, -0.15) is 0 Å². The summed E-state index contributed by atoms with van der Waals surface area (Å²) in [4.78, 5) is 3.98. The van der Waals surface area contributed by atoms with Crippen molar-refractivity contribution in [3.05, 3.63) is 0 Å². The van der Waals surface area contributed by atoms with Crippen molar-refractivity contribution >= 4 is 5.84 Å². The topological polar surface area (TPSA) is 38.4 Å². The summed E-state index contributed by atoms with van der Waals surface area (Å²) < 4.78 is 0. The lowest BCUT2D eigenvalue weighted by Gasteiger charge is -2.28. The molecule has 0 aliphatic heterocycles. The van der Waals surface area contributed by atoms with Crippen LogP contribution in [0.5, 0.6) is 0 Å². The van der Waals surface area contributed by atoms with E-state index in [0.29, 0.717) is 5.92 Å². The van der Waals surface area contributed by atoms with Crippen molar-refractivity contribution in [2.75, 3.05) is 7.05 Å². The van der Waals surface area contributed by atoms with E-state index in [1.54, 1.807) is 7.05 Å². The first-order valence-electron chi connectivity index (χ1n) is 3.65. The zero-order valence-electron chi connectivity index (χ0n) is 7.60. The van der Waals surface area contributed by atoms with Gasteiger partial charge in [-0.1, -0.05) is 27.7 Å². The van der Waals surface area contributed by atoms with Crippen LogP contribution in [0.15, 0.2) is 4.99 Å². The van der Waals surface area contributed by atoms with Crippen LogP contribution in [-0.4, -0.2) is 12.9 Å². The third kappa shape index (κ3) is 1.72. The van der Waals surface area contributed by atoms with E-state index in [4.69, 9.17) is 5.73 Å². The highest BCUT2D eigenvalue weighted by atomic mass is 14.8. The summed E-state index contributed by atoms with van der Waals surface area (Å²) in [5.74, 6) is 1.28. The molecule has 0 rings (SSSR count). The van der Waals surface area contributed by atoms with Gasteiger partial charge in [-0.15, -0.1) is 0 Å². The molecular formula is C8H18N2. The first kappa shape index (κ1) is 9.47. The van der Waals surface area contributed by atoms with Crippen LogP contribution in [0.4, 0.5) is 0 Å². The molecule has 0 aliphatic rings. The van der Waals surface area contributed by atoms with Crippen molar-refractivity contribution in [1.29, 1.82) is 0 Å². The van der Waals surface area contributed by atoms with Gasteiger partial charge in [0.05, 0.1) is 5.84 Å². The van der Waals surface area contributed by atoms with E-state index in [1.165, 1.54) is 0 Å². The van der Waals surface area contributed by atoms with E-state index in [-0.39, 0.29) is 5.41 Å². The molecule has 0 aliphatic carbocycles. The molecule has 0 fully saturated rings. The Balaban J connectivity index is 4.40. The average molecular weight is 142 g/mol. The summed E-state index contributed by atoms with van der Waals surface area (Å²) in [5, 5.41) is 0. The van der Waals surface area contributed by atoms with Crippen molar-refractivity contribution in [3.63, 3.8) is 0 Å². The first-order chi connectivity index (χ1) is 4.42. The van der Waals surface area contributed by atoms with Crippen LogP contribution in [0, 0.1) is 11.3 Å². The Morgan fingerprint density at radius 2 is 1.80 bits per heavy atom. The van der Waals surface area contributed by atoms with Gasteiger partial charge in [-0.05, 0) is 5.92 Å². The lowest BCUT2D eigenvalue weighted by Crippen LogP contribution is -2.36. The molecule has 0 atom stereocenters. The van der Waals surface area contributed by atoms with Gasteiger partial charge in [0.2, 0.25) is 0 Å². The molecule has 0 aromatic heterocycles. The van der Waals surface area contributed by atoms with Gasteiger partial charge in [0.1, 0.15) is 0 Å². The number of amidine groups is 1. The standard InChI is InChI=1S/C8H18N2/c1-6(2)8(3,4)7(9)10-5/h6H,1-5H3,(H2,9,10). The second kappa shape index (κ2) is 3.04. The quantitative estimate of drug-likeness (QED) is 0.462. The van der Waals surface area contributed by atoms with Gasteiger partial charge in [-0.25, -0.2) is 0 Å². The highest BCUT2D eigenvalue weighted by Crippen LogP contribution is 2.25. The Morgan fingerprint density at radius 1 is 1.40 bits per heavy atom. The van der Waals surface area contributed by atoms with Crippen molar-refractivity contribution in [2.45, 2.75) is 27.7 Å². The summed E-state index contributed by atoms with van der Waals surface area (Å²) in [7, 11) is 1.74. The molecule has 0 aromatic carbocycles. The molecule has 0 aromatic rings. The van der Waals surface area contributed by atoms with Crippen LogP contribution in [0.25, 0.3) is 0 Å². The van der Waals surface area contributed by atoms with Crippen LogP contribution in [-0.2, 0) is 0 Å². The van der Waals surface area contributed by atoms with Crippen LogP contribution in [0.2, 0.25) is 0 Å². The highest BCUT2D eigenvalue weighted by Gasteiger charge is 2.25. The molecule has 10 heavy (non-hydrogen) atoms. The molecule has 0 radical (unpaired) electrons. The molecule has 0 bridgehead atoms. The Labute approximate surface area is 63.5 Å². The van der Waals surface area contributed by atoms with Gasteiger partial charge >= 0.3 is 0 Å². The highest BCUT2D eigenvalue weighted by molar-refractivity contribution is 5.85. The largest absolute Gasteiger partial charge is 0.387 e. The molecule has 0 amide bonds. The maximum atomic E-state index is 5.70. The van der Waals surface area contributed by atoms with E-state index in [2.05, 4.69) is 32.7 Å². The Morgan fingerprint density at radius 3 is 1.90 bits per heavy atom. The predicted molar refractivity (Wildman–Crippen MR) is 46.2 cm³/mol. The SMILES string of the molecule is C/N=C(/N)C(C)(C)C(C)C. The summed E-state index contributed by atoms with van der Waals surface area (Å²) in [6.07, 6.45) is 0. The third-order valence-corrected chi connectivity index (χ3v) is 2.34. The van der Waals surface area contributed by atoms with Gasteiger partial charge in [0.15, 0.2) is 0 Å². The first-order valence-corrected chi connectivity index (χ1v) is 3.65. The summed E-state index contributed by atoms with van der Waals surface area (Å²) in [6, 6.07) is 0. The monoisotopic (exact) mass is 142 g/mol. The molecule has 0 heterocycles. The summed E-state index contributed by atoms with van der Waals surface area (Å²) in [6.45, 7) is 8.52. The number of aliphatic imine (C=N–C) groups is 1. The zero-order chi connectivity index (χ0) is 8.36. The van der Waals surface area contributed by atoms with E-state index in [0.717, 1.165) is 5.84 Å². The van der Waals surface area contributed by atoms with Crippen molar-refractivity contribution in [2.24, 2.45) is 22.1 Å². The number of rotatable bonds is 2. The molecule has 2 nitrogen and oxygen atoms in total. The summed E-state index contributed by atoms with van der Waals surface area (Å²) >= 11 is 0. The molecule has 60 valence electrons. The van der Waals surface area contributed by atoms with E-state index < -0.39 is 0 Å². The molecule has 0 unspecified atom stereocenters. The maximum absolute atomic E-state index is 5.70. The van der Waals surface area contributed by atoms with Crippen LogP contribution < -0.4 is 5.73 Å². The van der Waals surface area contributed by atoms with Gasteiger partial charge in [0.25, 0.3) is 0 Å². The molecule has 2 N–H and O–H groups in total. The second-order valence-corrected chi connectivity index (χ2v) is 3.49. The molecule has 0 spiro atoms. The van der Waals surface area contributed by atoms with E-state index in [1.807, 2.05) is 0 Å². The molecule has 0 saturated carbocycles. The van der Waals surface area contributed by atoms with Crippen molar-refractivity contribution < 1.29 is 0 Å². The maximum Gasteiger partial charge on any atom is 0.0993 e. The number of hydrogen-bond donors (Lipinski definition) is 1. The average Bonchev–Trinajstić information content (AvgIpc) is 1.86. The lowest BCUT2D eigenvalue weighted by molar-refractivity contribution is 0.361. The number of nitrogens with two attached hydrogens (primary N) is 1. The minimum absolute atomic E-state index is 0.0365. The fourth-order valence-electron chi connectivity index (χ4n) is 0.584. The number of nitrogens with zero attached hydrogens (tertiary/aromatic N) is 1. The molecular weight excluding hydrogens is 124 g/mol. The van der Waals surface area contributed by atoms with Crippen LogP contribution >= 0.6 is 0 Å².